The monoisotopic (exact) mass is 274 g/mol. The molecule has 1 atom stereocenters. The highest BCUT2D eigenvalue weighted by Gasteiger charge is 2.22. The lowest BCUT2D eigenvalue weighted by Gasteiger charge is -2.09. The summed E-state index contributed by atoms with van der Waals surface area (Å²) in [5.41, 5.74) is 10.3. The second-order valence-corrected chi connectivity index (χ2v) is 3.72. The minimum Gasteiger partial charge on any atom is -0.427 e. The molecule has 0 aliphatic rings. The van der Waals surface area contributed by atoms with Gasteiger partial charge >= 0.3 is 11.9 Å². The molecule has 0 aliphatic carbocycles. The van der Waals surface area contributed by atoms with E-state index in [2.05, 4.69) is 9.47 Å². The van der Waals surface area contributed by atoms with E-state index in [0.29, 0.717) is 6.42 Å². The Hall–Kier alpha value is -1.80. The van der Waals surface area contributed by atoms with Gasteiger partial charge in [0.05, 0.1) is 6.54 Å². The van der Waals surface area contributed by atoms with Crippen LogP contribution in [-0.4, -0.2) is 43.4 Å². The molecule has 19 heavy (non-hydrogen) atoms. The molecule has 8 nitrogen and oxygen atoms in total. The van der Waals surface area contributed by atoms with Crippen LogP contribution in [0.5, 0.6) is 0 Å². The maximum atomic E-state index is 11.3. The number of carbonyl (C=O) groups excluding carboxylic acids is 4. The van der Waals surface area contributed by atoms with Crippen molar-refractivity contribution < 1.29 is 28.7 Å². The number of hydrogen-bond acceptors (Lipinski definition) is 8. The Bertz CT molecular complexity index is 355. The molecule has 4 N–H and O–H groups in total. The van der Waals surface area contributed by atoms with Gasteiger partial charge in [-0.25, -0.2) is 4.79 Å². The molecule has 0 heterocycles. The number of ether oxygens (including phenoxy) is 2. The van der Waals surface area contributed by atoms with Crippen LogP contribution < -0.4 is 11.5 Å². The first-order chi connectivity index (χ1) is 8.93. The van der Waals surface area contributed by atoms with E-state index in [4.69, 9.17) is 11.5 Å². The molecular weight excluding hydrogens is 256 g/mol. The third-order valence-electron chi connectivity index (χ3n) is 2.26. The molecule has 0 bridgehead atoms. The van der Waals surface area contributed by atoms with E-state index in [0.717, 1.165) is 0 Å². The third kappa shape index (κ3) is 6.63. The molecule has 0 amide bonds. The van der Waals surface area contributed by atoms with Gasteiger partial charge in [0.25, 0.3) is 0 Å². The summed E-state index contributed by atoms with van der Waals surface area (Å²) in [7, 11) is 0. The van der Waals surface area contributed by atoms with Crippen LogP contribution in [0.2, 0.25) is 0 Å². The van der Waals surface area contributed by atoms with E-state index in [1.54, 1.807) is 0 Å². The summed E-state index contributed by atoms with van der Waals surface area (Å²) in [6.07, 6.45) is 0.348. The fourth-order valence-electron chi connectivity index (χ4n) is 1.02. The lowest BCUT2D eigenvalue weighted by Crippen LogP contribution is -2.30. The number of esters is 2. The predicted molar refractivity (Wildman–Crippen MR) is 63.6 cm³/mol. The first-order valence-corrected chi connectivity index (χ1v) is 5.73. The predicted octanol–water partition coefficient (Wildman–Crippen LogP) is -1.50. The van der Waals surface area contributed by atoms with Crippen LogP contribution in [0.15, 0.2) is 0 Å². The fraction of sp³-hybridized carbons (Fsp3) is 0.636. The zero-order chi connectivity index (χ0) is 14.8. The van der Waals surface area contributed by atoms with Gasteiger partial charge in [0.15, 0.2) is 5.78 Å². The van der Waals surface area contributed by atoms with E-state index in [9.17, 15) is 19.2 Å². The van der Waals surface area contributed by atoms with Gasteiger partial charge in [-0.1, -0.05) is 0 Å². The molecule has 0 saturated carbocycles. The summed E-state index contributed by atoms with van der Waals surface area (Å²) in [5, 5.41) is 0. The number of carbonyl (C=O) groups is 4. The summed E-state index contributed by atoms with van der Waals surface area (Å²) < 4.78 is 8.94. The molecule has 0 rings (SSSR count). The van der Waals surface area contributed by atoms with Gasteiger partial charge < -0.3 is 20.9 Å². The van der Waals surface area contributed by atoms with E-state index in [1.807, 2.05) is 0 Å². The average molecular weight is 274 g/mol. The molecule has 0 aromatic rings. The second kappa shape index (κ2) is 9.17. The molecule has 0 aromatic heterocycles. The van der Waals surface area contributed by atoms with Crippen LogP contribution in [0.4, 0.5) is 0 Å². The Balaban J connectivity index is 3.96. The van der Waals surface area contributed by atoms with Crippen LogP contribution >= 0.6 is 0 Å². The Morgan fingerprint density at radius 1 is 1.11 bits per heavy atom. The smallest absolute Gasteiger partial charge is 0.377 e. The lowest BCUT2D eigenvalue weighted by atomic mass is 10.1. The average Bonchev–Trinajstić information content (AvgIpc) is 2.42. The fourth-order valence-corrected chi connectivity index (χ4v) is 1.02. The van der Waals surface area contributed by atoms with Gasteiger partial charge in [0, 0.05) is 6.42 Å². The van der Waals surface area contributed by atoms with Crippen LogP contribution in [0.25, 0.3) is 0 Å². The minimum absolute atomic E-state index is 0.0225. The van der Waals surface area contributed by atoms with E-state index < -0.39 is 36.2 Å². The van der Waals surface area contributed by atoms with Gasteiger partial charge in [0.2, 0.25) is 12.6 Å². The molecule has 0 saturated heterocycles. The largest absolute Gasteiger partial charge is 0.427 e. The Morgan fingerprint density at radius 3 is 2.26 bits per heavy atom. The highest BCUT2D eigenvalue weighted by atomic mass is 16.7. The number of ketones is 2. The van der Waals surface area contributed by atoms with Crippen molar-refractivity contribution in [2.24, 2.45) is 17.4 Å². The van der Waals surface area contributed by atoms with Crippen LogP contribution in [-0.2, 0) is 28.7 Å². The van der Waals surface area contributed by atoms with Crippen LogP contribution in [0.1, 0.15) is 19.8 Å². The van der Waals surface area contributed by atoms with E-state index in [-0.39, 0.29) is 19.5 Å². The molecule has 8 heteroatoms. The summed E-state index contributed by atoms with van der Waals surface area (Å²) >= 11 is 0. The van der Waals surface area contributed by atoms with Crippen molar-refractivity contribution in [3.63, 3.8) is 0 Å². The van der Waals surface area contributed by atoms with Gasteiger partial charge in [-0.2, -0.15) is 0 Å². The highest BCUT2D eigenvalue weighted by molar-refractivity contribution is 6.33. The molecule has 0 fully saturated rings. The summed E-state index contributed by atoms with van der Waals surface area (Å²) in [4.78, 5) is 44.6. The molecule has 1 unspecified atom stereocenters. The maximum Gasteiger partial charge on any atom is 0.377 e. The molecule has 108 valence electrons. The van der Waals surface area contributed by atoms with Crippen molar-refractivity contribution in [2.75, 3.05) is 19.9 Å². The number of nitrogens with two attached hydrogens (primary N) is 2. The second-order valence-electron chi connectivity index (χ2n) is 3.72. The Kier molecular flexibility index (Phi) is 8.30. The van der Waals surface area contributed by atoms with Crippen LogP contribution in [0.3, 0.4) is 0 Å². The topological polar surface area (TPSA) is 139 Å². The van der Waals surface area contributed by atoms with E-state index in [1.165, 1.54) is 6.92 Å². The normalized spacial score (nSPS) is 11.5. The SMILES string of the molecule is CC(C(=O)CN)C(=O)OCOC(=O)C(=O)CCCN. The standard InChI is InChI=1S/C11H18N2O6/c1-7(9(15)5-13)10(16)18-6-19-11(17)8(14)3-2-4-12/h7H,2-6,12-13H2,1H3. The molecule has 0 spiro atoms. The number of rotatable bonds is 9. The van der Waals surface area contributed by atoms with Crippen molar-refractivity contribution in [1.29, 1.82) is 0 Å². The molecule has 0 aliphatic heterocycles. The van der Waals surface area contributed by atoms with Crippen molar-refractivity contribution in [3.05, 3.63) is 0 Å². The number of Topliss-reactive ketones (excluding diaryl/α,β-unsaturated/α-hetero) is 2. The first-order valence-electron chi connectivity index (χ1n) is 5.73. The molecule has 0 radical (unpaired) electrons. The Labute approximate surface area is 110 Å². The molecule has 0 aromatic carbocycles. The van der Waals surface area contributed by atoms with Crippen molar-refractivity contribution in [1.82, 2.24) is 0 Å². The van der Waals surface area contributed by atoms with Gasteiger partial charge in [-0.15, -0.1) is 0 Å². The van der Waals surface area contributed by atoms with Gasteiger partial charge in [-0.3, -0.25) is 14.4 Å². The summed E-state index contributed by atoms with van der Waals surface area (Å²) in [5.74, 6) is -4.23. The number of hydrogen-bond donors (Lipinski definition) is 2. The molecular formula is C11H18N2O6. The zero-order valence-electron chi connectivity index (χ0n) is 10.7. The van der Waals surface area contributed by atoms with Crippen molar-refractivity contribution in [3.8, 4) is 0 Å². The quantitative estimate of drug-likeness (QED) is 0.224. The van der Waals surface area contributed by atoms with Gasteiger partial charge in [0.1, 0.15) is 5.92 Å². The van der Waals surface area contributed by atoms with Crippen molar-refractivity contribution in [2.45, 2.75) is 19.8 Å². The lowest BCUT2D eigenvalue weighted by molar-refractivity contribution is -0.173. The van der Waals surface area contributed by atoms with Crippen molar-refractivity contribution >= 4 is 23.5 Å². The third-order valence-corrected chi connectivity index (χ3v) is 2.26. The minimum atomic E-state index is -1.10. The zero-order valence-corrected chi connectivity index (χ0v) is 10.7. The summed E-state index contributed by atoms with van der Waals surface area (Å²) in [6.45, 7) is 0.611. The maximum absolute atomic E-state index is 11.3. The van der Waals surface area contributed by atoms with E-state index >= 15 is 0 Å². The summed E-state index contributed by atoms with van der Waals surface area (Å²) in [6, 6.07) is 0. The Morgan fingerprint density at radius 2 is 1.74 bits per heavy atom. The highest BCUT2D eigenvalue weighted by Crippen LogP contribution is 2.00. The first kappa shape index (κ1) is 17.2. The van der Waals surface area contributed by atoms with Gasteiger partial charge in [-0.05, 0) is 19.9 Å². The van der Waals surface area contributed by atoms with Crippen LogP contribution in [0, 0.1) is 5.92 Å².